The number of carbonyl (C=O) groups excluding carboxylic acids is 1. The smallest absolute Gasteiger partial charge is 0.230 e. The number of hydrogen-bond acceptors (Lipinski definition) is 5. The van der Waals surface area contributed by atoms with Crippen molar-refractivity contribution in [2.75, 3.05) is 5.75 Å². The lowest BCUT2D eigenvalue weighted by molar-refractivity contribution is -0.119. The molecule has 1 heterocycles. The molecule has 0 aliphatic heterocycles. The lowest BCUT2D eigenvalue weighted by atomic mass is 9.99. The first-order valence-electron chi connectivity index (χ1n) is 7.58. The first-order valence-corrected chi connectivity index (χ1v) is 9.45. The highest BCUT2D eigenvalue weighted by Gasteiger charge is 2.15. The summed E-state index contributed by atoms with van der Waals surface area (Å²) >= 11 is 2.86. The van der Waals surface area contributed by atoms with Crippen LogP contribution in [0.3, 0.4) is 0 Å². The van der Waals surface area contributed by atoms with Gasteiger partial charge >= 0.3 is 0 Å². The van der Waals surface area contributed by atoms with Crippen molar-refractivity contribution in [3.05, 3.63) is 77.3 Å². The van der Waals surface area contributed by atoms with E-state index in [9.17, 15) is 4.79 Å². The summed E-state index contributed by atoms with van der Waals surface area (Å²) in [5.74, 6) is 0.341. The van der Waals surface area contributed by atoms with E-state index in [-0.39, 0.29) is 11.9 Å². The van der Waals surface area contributed by atoms with Crippen molar-refractivity contribution >= 4 is 29.0 Å². The van der Waals surface area contributed by atoms with Gasteiger partial charge in [-0.15, -0.1) is 10.2 Å². The predicted molar refractivity (Wildman–Crippen MR) is 98.1 cm³/mol. The van der Waals surface area contributed by atoms with E-state index in [1.807, 2.05) is 48.5 Å². The van der Waals surface area contributed by atoms with Crippen LogP contribution in [0.2, 0.25) is 0 Å². The zero-order valence-corrected chi connectivity index (χ0v) is 14.6. The van der Waals surface area contributed by atoms with Gasteiger partial charge in [0.1, 0.15) is 5.51 Å². The first kappa shape index (κ1) is 16.7. The fourth-order valence-electron chi connectivity index (χ4n) is 2.38. The highest BCUT2D eigenvalue weighted by molar-refractivity contribution is 8.01. The second-order valence-corrected chi connectivity index (χ2v) is 7.27. The zero-order valence-electron chi connectivity index (χ0n) is 13.0. The summed E-state index contributed by atoms with van der Waals surface area (Å²) in [6, 6.07) is 20.2. The molecule has 2 aromatic carbocycles. The molecule has 122 valence electrons. The Labute approximate surface area is 149 Å². The molecular weight excluding hydrogens is 338 g/mol. The Bertz CT molecular complexity index is 748. The lowest BCUT2D eigenvalue weighted by Gasteiger charge is -2.19. The number of aromatic nitrogens is 2. The second-order valence-electron chi connectivity index (χ2n) is 5.21. The number of hydrogen-bond donors (Lipinski definition) is 1. The number of nitrogens with zero attached hydrogens (tertiary/aromatic N) is 2. The second kappa shape index (κ2) is 8.61. The highest BCUT2D eigenvalue weighted by Crippen LogP contribution is 2.21. The minimum atomic E-state index is -0.0453. The van der Waals surface area contributed by atoms with Gasteiger partial charge in [0.15, 0.2) is 4.34 Å². The molecule has 0 aliphatic carbocycles. The molecule has 0 unspecified atom stereocenters. The van der Waals surface area contributed by atoms with Gasteiger partial charge in [-0.05, 0) is 17.5 Å². The molecule has 24 heavy (non-hydrogen) atoms. The predicted octanol–water partition coefficient (Wildman–Crippen LogP) is 3.73. The molecular formula is C18H17N3OS2. The van der Waals surface area contributed by atoms with Crippen molar-refractivity contribution in [1.82, 2.24) is 15.5 Å². The van der Waals surface area contributed by atoms with Gasteiger partial charge in [0.25, 0.3) is 0 Å². The van der Waals surface area contributed by atoms with E-state index in [2.05, 4.69) is 27.6 Å². The summed E-state index contributed by atoms with van der Waals surface area (Å²) < 4.78 is 0.810. The molecule has 0 saturated carbocycles. The standard InChI is InChI=1S/C18H17N3OS2/c22-17(12-23-18-21-19-13-24-18)20-16(15-9-5-2-6-10-15)11-14-7-3-1-4-8-14/h1-10,13,16H,11-12H2,(H,20,22)/t16-/m0/s1. The maximum Gasteiger partial charge on any atom is 0.230 e. The Morgan fingerprint density at radius 3 is 2.46 bits per heavy atom. The molecule has 0 radical (unpaired) electrons. The van der Waals surface area contributed by atoms with E-state index >= 15 is 0 Å². The highest BCUT2D eigenvalue weighted by atomic mass is 32.2. The van der Waals surface area contributed by atoms with Crippen LogP contribution in [0, 0.1) is 0 Å². The average molecular weight is 355 g/mol. The lowest BCUT2D eigenvalue weighted by Crippen LogP contribution is -2.31. The third kappa shape index (κ3) is 4.91. The molecule has 1 aromatic heterocycles. The number of rotatable bonds is 7. The van der Waals surface area contributed by atoms with Crippen LogP contribution in [0.4, 0.5) is 0 Å². The number of nitrogens with one attached hydrogen (secondary N) is 1. The van der Waals surface area contributed by atoms with E-state index in [1.54, 1.807) is 5.51 Å². The number of amides is 1. The molecule has 3 rings (SSSR count). The maximum atomic E-state index is 12.3. The average Bonchev–Trinajstić information content (AvgIpc) is 3.15. The van der Waals surface area contributed by atoms with Crippen LogP contribution >= 0.6 is 23.1 Å². The number of thioether (sulfide) groups is 1. The fourth-order valence-corrected chi connectivity index (χ4v) is 3.68. The summed E-state index contributed by atoms with van der Waals surface area (Å²) in [5.41, 5.74) is 3.97. The molecule has 0 saturated heterocycles. The first-order chi connectivity index (χ1) is 11.8. The summed E-state index contributed by atoms with van der Waals surface area (Å²) in [6.45, 7) is 0. The normalized spacial score (nSPS) is 11.8. The molecule has 4 nitrogen and oxygen atoms in total. The fraction of sp³-hybridized carbons (Fsp3) is 0.167. The molecule has 0 spiro atoms. The van der Waals surface area contributed by atoms with E-state index in [0.717, 1.165) is 16.3 Å². The summed E-state index contributed by atoms with van der Waals surface area (Å²) in [4.78, 5) is 12.3. The quantitative estimate of drug-likeness (QED) is 0.656. The molecule has 1 atom stereocenters. The third-order valence-electron chi connectivity index (χ3n) is 3.49. The van der Waals surface area contributed by atoms with Crippen molar-refractivity contribution in [3.8, 4) is 0 Å². The van der Waals surface area contributed by atoms with Gasteiger partial charge in [-0.3, -0.25) is 4.79 Å². The van der Waals surface area contributed by atoms with Gasteiger partial charge in [-0.25, -0.2) is 0 Å². The largest absolute Gasteiger partial charge is 0.348 e. The molecule has 3 aromatic rings. The molecule has 0 aliphatic rings. The Hall–Kier alpha value is -2.18. The summed E-state index contributed by atoms with van der Waals surface area (Å²) in [5, 5.41) is 10.9. The van der Waals surface area contributed by atoms with Gasteiger partial charge in [0.2, 0.25) is 5.91 Å². The van der Waals surface area contributed by atoms with Crippen molar-refractivity contribution in [1.29, 1.82) is 0 Å². The topological polar surface area (TPSA) is 54.9 Å². The molecule has 0 fully saturated rings. The van der Waals surface area contributed by atoms with Crippen molar-refractivity contribution in [3.63, 3.8) is 0 Å². The van der Waals surface area contributed by atoms with Crippen molar-refractivity contribution in [2.45, 2.75) is 16.8 Å². The van der Waals surface area contributed by atoms with Crippen LogP contribution < -0.4 is 5.32 Å². The molecule has 0 bridgehead atoms. The SMILES string of the molecule is O=C(CSc1nncs1)N[C@@H](Cc1ccccc1)c1ccccc1. The van der Waals surface area contributed by atoms with Gasteiger partial charge in [0, 0.05) is 0 Å². The van der Waals surface area contributed by atoms with Gasteiger partial charge in [0.05, 0.1) is 11.8 Å². The summed E-state index contributed by atoms with van der Waals surface area (Å²) in [7, 11) is 0. The molecule has 1 N–H and O–H groups in total. The Morgan fingerprint density at radius 2 is 1.79 bits per heavy atom. The zero-order chi connectivity index (χ0) is 16.6. The van der Waals surface area contributed by atoms with E-state index in [4.69, 9.17) is 0 Å². The Kier molecular flexibility index (Phi) is 5.98. The van der Waals surface area contributed by atoms with Crippen molar-refractivity contribution < 1.29 is 4.79 Å². The number of benzene rings is 2. The van der Waals surface area contributed by atoms with E-state index in [0.29, 0.717) is 5.75 Å². The van der Waals surface area contributed by atoms with Crippen LogP contribution in [0.5, 0.6) is 0 Å². The monoisotopic (exact) mass is 355 g/mol. The van der Waals surface area contributed by atoms with Gasteiger partial charge < -0.3 is 5.32 Å². The Balaban J connectivity index is 1.66. The van der Waals surface area contributed by atoms with Crippen LogP contribution in [-0.2, 0) is 11.2 Å². The summed E-state index contributed by atoms with van der Waals surface area (Å²) in [6.07, 6.45) is 0.764. The van der Waals surface area contributed by atoms with Crippen molar-refractivity contribution in [2.24, 2.45) is 0 Å². The van der Waals surface area contributed by atoms with Crippen LogP contribution in [-0.4, -0.2) is 21.9 Å². The van der Waals surface area contributed by atoms with Gasteiger partial charge in [-0.1, -0.05) is 83.8 Å². The number of carbonyl (C=O) groups is 1. The molecule has 6 heteroatoms. The van der Waals surface area contributed by atoms with Crippen LogP contribution in [0.1, 0.15) is 17.2 Å². The van der Waals surface area contributed by atoms with Crippen LogP contribution in [0.15, 0.2) is 70.5 Å². The van der Waals surface area contributed by atoms with Gasteiger partial charge in [-0.2, -0.15) is 0 Å². The van der Waals surface area contributed by atoms with E-state index in [1.165, 1.54) is 28.7 Å². The van der Waals surface area contributed by atoms with Crippen LogP contribution in [0.25, 0.3) is 0 Å². The minimum Gasteiger partial charge on any atom is -0.348 e. The molecule has 1 amide bonds. The minimum absolute atomic E-state index is 0.0000146. The van der Waals surface area contributed by atoms with E-state index < -0.39 is 0 Å². The third-order valence-corrected chi connectivity index (χ3v) is 5.35. The Morgan fingerprint density at radius 1 is 1.08 bits per heavy atom. The maximum absolute atomic E-state index is 12.3.